The number of halogens is 2. The molecule has 18 heavy (non-hydrogen) atoms. The van der Waals surface area contributed by atoms with E-state index >= 15 is 0 Å². The number of hydrogen-bond donors (Lipinski definition) is 1. The summed E-state index contributed by atoms with van der Waals surface area (Å²) in [5.74, 6) is -6.87. The predicted octanol–water partition coefficient (Wildman–Crippen LogP) is 1.95. The van der Waals surface area contributed by atoms with Crippen LogP contribution in [0.3, 0.4) is 0 Å². The van der Waals surface area contributed by atoms with E-state index in [-0.39, 0.29) is 6.42 Å². The van der Waals surface area contributed by atoms with Gasteiger partial charge in [-0.2, -0.15) is 0 Å². The summed E-state index contributed by atoms with van der Waals surface area (Å²) in [6.07, 6.45) is -1.29. The predicted molar refractivity (Wildman–Crippen MR) is 62.4 cm³/mol. The fourth-order valence-corrected chi connectivity index (χ4v) is 4.35. The Bertz CT molecular complexity index is 450. The van der Waals surface area contributed by atoms with E-state index in [4.69, 9.17) is 0 Å². The number of carboxylic acids is 1. The summed E-state index contributed by atoms with van der Waals surface area (Å²) in [6, 6.07) is 0. The molecule has 0 aromatic carbocycles. The van der Waals surface area contributed by atoms with Crippen LogP contribution in [0.5, 0.6) is 0 Å². The van der Waals surface area contributed by atoms with Crippen molar-refractivity contribution in [1.82, 2.24) is 0 Å². The molecule has 1 fully saturated rings. The third-order valence-corrected chi connectivity index (χ3v) is 4.89. The summed E-state index contributed by atoms with van der Waals surface area (Å²) in [6.45, 7) is 4.86. The standard InChI is InChI=1S/C11H18F2O4S/c1-9(2,3)6-10(8(14)15)7-18(16,17)5-4-11(10,12)13/h4-7H2,1-3H3,(H,14,15). The van der Waals surface area contributed by atoms with Crippen molar-refractivity contribution in [3.8, 4) is 0 Å². The minimum absolute atomic E-state index is 0.373. The second-order valence-corrected chi connectivity index (χ2v) is 8.36. The highest BCUT2D eigenvalue weighted by atomic mass is 32.2. The summed E-state index contributed by atoms with van der Waals surface area (Å²) in [4.78, 5) is 11.3. The minimum Gasteiger partial charge on any atom is -0.481 e. The highest BCUT2D eigenvalue weighted by Gasteiger charge is 2.64. The smallest absolute Gasteiger partial charge is 0.316 e. The van der Waals surface area contributed by atoms with Crippen molar-refractivity contribution >= 4 is 15.8 Å². The molecule has 7 heteroatoms. The number of carboxylic acid groups (broad SMARTS) is 1. The molecule has 1 heterocycles. The Morgan fingerprint density at radius 2 is 1.83 bits per heavy atom. The van der Waals surface area contributed by atoms with E-state index in [1.165, 1.54) is 0 Å². The lowest BCUT2D eigenvalue weighted by molar-refractivity contribution is -0.183. The van der Waals surface area contributed by atoms with Crippen molar-refractivity contribution in [3.63, 3.8) is 0 Å². The molecule has 4 nitrogen and oxygen atoms in total. The zero-order valence-corrected chi connectivity index (χ0v) is 11.5. The van der Waals surface area contributed by atoms with Gasteiger partial charge in [-0.15, -0.1) is 0 Å². The zero-order valence-electron chi connectivity index (χ0n) is 10.7. The SMILES string of the molecule is CC(C)(C)CC1(C(=O)O)CS(=O)(=O)CCC1(F)F. The number of alkyl halides is 2. The van der Waals surface area contributed by atoms with E-state index in [1.54, 1.807) is 20.8 Å². The topological polar surface area (TPSA) is 71.4 Å². The Morgan fingerprint density at radius 3 is 2.22 bits per heavy atom. The molecule has 0 saturated carbocycles. The monoisotopic (exact) mass is 284 g/mol. The van der Waals surface area contributed by atoms with Crippen LogP contribution in [0.25, 0.3) is 0 Å². The number of sulfone groups is 1. The summed E-state index contributed by atoms with van der Waals surface area (Å²) < 4.78 is 51.1. The van der Waals surface area contributed by atoms with Crippen molar-refractivity contribution in [1.29, 1.82) is 0 Å². The molecule has 0 aromatic rings. The van der Waals surface area contributed by atoms with Gasteiger partial charge in [0.15, 0.2) is 9.84 Å². The lowest BCUT2D eigenvalue weighted by Crippen LogP contribution is -2.57. The molecule has 1 saturated heterocycles. The molecule has 1 aliphatic heterocycles. The minimum atomic E-state index is -3.74. The van der Waals surface area contributed by atoms with Crippen LogP contribution in [0.2, 0.25) is 0 Å². The van der Waals surface area contributed by atoms with E-state index < -0.39 is 50.5 Å². The van der Waals surface area contributed by atoms with E-state index in [0.29, 0.717) is 0 Å². The largest absolute Gasteiger partial charge is 0.481 e. The van der Waals surface area contributed by atoms with Gasteiger partial charge in [-0.25, -0.2) is 17.2 Å². The molecule has 0 aromatic heterocycles. The van der Waals surface area contributed by atoms with E-state index in [2.05, 4.69) is 0 Å². The highest BCUT2D eigenvalue weighted by Crippen LogP contribution is 2.50. The van der Waals surface area contributed by atoms with Crippen LogP contribution in [-0.2, 0) is 14.6 Å². The number of carbonyl (C=O) groups is 1. The number of rotatable bonds is 2. The Kier molecular flexibility index (Phi) is 3.53. The van der Waals surface area contributed by atoms with Gasteiger partial charge in [-0.3, -0.25) is 4.79 Å². The molecular formula is C11H18F2O4S. The lowest BCUT2D eigenvalue weighted by Gasteiger charge is -2.43. The Morgan fingerprint density at radius 1 is 1.33 bits per heavy atom. The summed E-state index contributed by atoms with van der Waals surface area (Å²) in [7, 11) is -3.74. The van der Waals surface area contributed by atoms with Crippen molar-refractivity contribution in [2.75, 3.05) is 11.5 Å². The molecule has 1 unspecified atom stereocenters. The van der Waals surface area contributed by atoms with Gasteiger partial charge < -0.3 is 5.11 Å². The van der Waals surface area contributed by atoms with Gasteiger partial charge in [-0.1, -0.05) is 20.8 Å². The van der Waals surface area contributed by atoms with Gasteiger partial charge in [0.2, 0.25) is 0 Å². The molecule has 0 bridgehead atoms. The Balaban J connectivity index is 3.33. The van der Waals surface area contributed by atoms with Crippen LogP contribution in [0, 0.1) is 10.8 Å². The summed E-state index contributed by atoms with van der Waals surface area (Å²) >= 11 is 0. The zero-order chi connectivity index (χ0) is 14.4. The van der Waals surface area contributed by atoms with Crippen LogP contribution in [0.1, 0.15) is 33.6 Å². The molecule has 1 atom stereocenters. The van der Waals surface area contributed by atoms with E-state index in [0.717, 1.165) is 0 Å². The van der Waals surface area contributed by atoms with Gasteiger partial charge in [0.1, 0.15) is 5.41 Å². The molecule has 1 N–H and O–H groups in total. The number of aliphatic carboxylic acids is 1. The quantitative estimate of drug-likeness (QED) is 0.841. The van der Waals surface area contributed by atoms with Gasteiger partial charge in [0.25, 0.3) is 5.92 Å². The molecular weight excluding hydrogens is 266 g/mol. The molecule has 0 radical (unpaired) electrons. The first kappa shape index (κ1) is 15.3. The lowest BCUT2D eigenvalue weighted by atomic mass is 9.70. The first-order chi connectivity index (χ1) is 7.81. The van der Waals surface area contributed by atoms with Gasteiger partial charge in [-0.05, 0) is 11.8 Å². The van der Waals surface area contributed by atoms with Crippen molar-refractivity contribution in [2.24, 2.45) is 10.8 Å². The third-order valence-electron chi connectivity index (χ3n) is 3.13. The molecule has 1 rings (SSSR count). The van der Waals surface area contributed by atoms with Crippen LogP contribution < -0.4 is 0 Å². The first-order valence-electron chi connectivity index (χ1n) is 5.63. The maximum absolute atomic E-state index is 14.0. The maximum atomic E-state index is 14.0. The second-order valence-electron chi connectivity index (χ2n) is 6.17. The maximum Gasteiger partial charge on any atom is 0.316 e. The Hall–Kier alpha value is -0.720. The van der Waals surface area contributed by atoms with Gasteiger partial charge in [0.05, 0.1) is 11.5 Å². The molecule has 0 spiro atoms. The molecule has 0 aliphatic carbocycles. The van der Waals surface area contributed by atoms with Gasteiger partial charge in [0, 0.05) is 6.42 Å². The average Bonchev–Trinajstić information content (AvgIpc) is 2.09. The van der Waals surface area contributed by atoms with Crippen molar-refractivity contribution < 1.29 is 27.1 Å². The summed E-state index contributed by atoms with van der Waals surface area (Å²) in [5, 5.41) is 9.18. The normalized spacial score (nSPS) is 30.9. The number of hydrogen-bond acceptors (Lipinski definition) is 3. The van der Waals surface area contributed by atoms with E-state index in [1.807, 2.05) is 0 Å². The average molecular weight is 284 g/mol. The van der Waals surface area contributed by atoms with Crippen LogP contribution in [0.15, 0.2) is 0 Å². The van der Waals surface area contributed by atoms with Crippen LogP contribution in [-0.4, -0.2) is 36.9 Å². The second kappa shape index (κ2) is 4.15. The van der Waals surface area contributed by atoms with Crippen molar-refractivity contribution in [3.05, 3.63) is 0 Å². The van der Waals surface area contributed by atoms with Crippen LogP contribution in [0.4, 0.5) is 8.78 Å². The van der Waals surface area contributed by atoms with Gasteiger partial charge >= 0.3 is 5.97 Å². The first-order valence-corrected chi connectivity index (χ1v) is 7.45. The van der Waals surface area contributed by atoms with Crippen molar-refractivity contribution in [2.45, 2.75) is 39.5 Å². The van der Waals surface area contributed by atoms with E-state index in [9.17, 15) is 27.1 Å². The Labute approximate surface area is 105 Å². The third kappa shape index (κ3) is 2.81. The van der Waals surface area contributed by atoms with Crippen LogP contribution >= 0.6 is 0 Å². The fraction of sp³-hybridized carbons (Fsp3) is 0.909. The highest BCUT2D eigenvalue weighted by molar-refractivity contribution is 7.91. The molecule has 0 amide bonds. The summed E-state index contributed by atoms with van der Waals surface area (Å²) in [5.41, 5.74) is -3.21. The molecule has 106 valence electrons. The molecule has 1 aliphatic rings. The fourth-order valence-electron chi connectivity index (χ4n) is 2.46.